The van der Waals surface area contributed by atoms with Gasteiger partial charge >= 0.3 is 0 Å². The van der Waals surface area contributed by atoms with Gasteiger partial charge in [-0.3, -0.25) is 4.79 Å². The average molecular weight is 247 g/mol. The van der Waals surface area contributed by atoms with Crippen molar-refractivity contribution in [2.24, 2.45) is 0 Å². The summed E-state index contributed by atoms with van der Waals surface area (Å²) < 4.78 is 5.65. The van der Waals surface area contributed by atoms with Crippen molar-refractivity contribution in [3.8, 4) is 5.75 Å². The predicted octanol–water partition coefficient (Wildman–Crippen LogP) is 3.23. The van der Waals surface area contributed by atoms with Crippen LogP contribution in [0.5, 0.6) is 5.75 Å². The molecule has 0 bridgehead atoms. The minimum Gasteiger partial charge on any atom is -0.486 e. The number of thiazole rings is 1. The van der Waals surface area contributed by atoms with Crippen LogP contribution in [0.15, 0.2) is 29.8 Å². The molecule has 1 aromatic heterocycles. The van der Waals surface area contributed by atoms with Gasteiger partial charge in [0.25, 0.3) is 0 Å². The molecule has 0 aliphatic heterocycles. The summed E-state index contributed by atoms with van der Waals surface area (Å²) in [5.74, 6) is 0.645. The van der Waals surface area contributed by atoms with Crippen molar-refractivity contribution in [2.75, 3.05) is 0 Å². The number of carbonyl (C=O) groups excluding carboxylic acids is 1. The number of nitrogens with zero attached hydrogens (tertiary/aromatic N) is 1. The molecule has 0 amide bonds. The Morgan fingerprint density at radius 3 is 2.94 bits per heavy atom. The molecule has 2 rings (SSSR count). The van der Waals surface area contributed by atoms with E-state index < -0.39 is 0 Å². The SMILES string of the molecule is CC(=O)c1ccc(C)cc1OCc1nccs1. The number of hydrogen-bond donors (Lipinski definition) is 0. The highest BCUT2D eigenvalue weighted by molar-refractivity contribution is 7.09. The first-order valence-corrected chi connectivity index (χ1v) is 6.17. The number of ketones is 1. The van der Waals surface area contributed by atoms with E-state index in [9.17, 15) is 4.79 Å². The molecule has 0 radical (unpaired) electrons. The number of benzene rings is 1. The predicted molar refractivity (Wildman–Crippen MR) is 67.6 cm³/mol. The lowest BCUT2D eigenvalue weighted by Crippen LogP contribution is -2.01. The first-order valence-electron chi connectivity index (χ1n) is 5.29. The molecule has 3 nitrogen and oxygen atoms in total. The molecule has 0 unspecified atom stereocenters. The molecule has 0 spiro atoms. The Balaban J connectivity index is 2.19. The van der Waals surface area contributed by atoms with Crippen LogP contribution in [0.4, 0.5) is 0 Å². The summed E-state index contributed by atoms with van der Waals surface area (Å²) in [6.45, 7) is 3.92. The van der Waals surface area contributed by atoms with Crippen LogP contribution in [0.2, 0.25) is 0 Å². The van der Waals surface area contributed by atoms with Crippen LogP contribution in [0.1, 0.15) is 27.9 Å². The highest BCUT2D eigenvalue weighted by atomic mass is 32.1. The Hall–Kier alpha value is -1.68. The van der Waals surface area contributed by atoms with Crippen LogP contribution in [0, 0.1) is 6.92 Å². The van der Waals surface area contributed by atoms with Gasteiger partial charge in [0, 0.05) is 11.6 Å². The third kappa shape index (κ3) is 2.91. The Bertz CT molecular complexity index is 520. The summed E-state index contributed by atoms with van der Waals surface area (Å²) in [5, 5.41) is 2.81. The van der Waals surface area contributed by atoms with E-state index in [1.54, 1.807) is 19.2 Å². The molecule has 0 saturated heterocycles. The van der Waals surface area contributed by atoms with Gasteiger partial charge in [0.15, 0.2) is 5.78 Å². The first-order chi connectivity index (χ1) is 8.16. The second-order valence-corrected chi connectivity index (χ2v) is 4.75. The summed E-state index contributed by atoms with van der Waals surface area (Å²) in [7, 11) is 0. The zero-order chi connectivity index (χ0) is 12.3. The van der Waals surface area contributed by atoms with E-state index in [4.69, 9.17) is 4.74 Å². The highest BCUT2D eigenvalue weighted by Gasteiger charge is 2.09. The molecule has 0 aliphatic carbocycles. The summed E-state index contributed by atoms with van der Waals surface area (Å²) in [6.07, 6.45) is 1.74. The van der Waals surface area contributed by atoms with Gasteiger partial charge in [-0.2, -0.15) is 0 Å². The average Bonchev–Trinajstić information content (AvgIpc) is 2.78. The monoisotopic (exact) mass is 247 g/mol. The summed E-state index contributed by atoms with van der Waals surface area (Å²) in [6, 6.07) is 5.59. The lowest BCUT2D eigenvalue weighted by molar-refractivity contribution is 0.101. The van der Waals surface area contributed by atoms with Crippen LogP contribution in [-0.4, -0.2) is 10.8 Å². The minimum atomic E-state index is 0.0131. The number of carbonyl (C=O) groups is 1. The largest absolute Gasteiger partial charge is 0.486 e. The van der Waals surface area contributed by atoms with Gasteiger partial charge < -0.3 is 4.74 Å². The molecule has 0 aliphatic rings. The Kier molecular flexibility index (Phi) is 3.54. The minimum absolute atomic E-state index is 0.0131. The van der Waals surface area contributed by atoms with Crippen LogP contribution < -0.4 is 4.74 Å². The molecular formula is C13H13NO2S. The Morgan fingerprint density at radius 1 is 1.47 bits per heavy atom. The van der Waals surface area contributed by atoms with E-state index in [0.717, 1.165) is 10.6 Å². The van der Waals surface area contributed by atoms with Gasteiger partial charge in [-0.15, -0.1) is 11.3 Å². The standard InChI is InChI=1S/C13H13NO2S/c1-9-3-4-11(10(2)15)12(7-9)16-8-13-14-5-6-17-13/h3-7H,8H2,1-2H3. The number of Topliss-reactive ketones (excluding diaryl/α,β-unsaturated/α-hetero) is 1. The number of aromatic nitrogens is 1. The van der Waals surface area contributed by atoms with Crippen molar-refractivity contribution < 1.29 is 9.53 Å². The summed E-state index contributed by atoms with van der Waals surface area (Å²) in [5.41, 5.74) is 1.69. The number of rotatable bonds is 4. The third-order valence-corrected chi connectivity index (χ3v) is 3.10. The van der Waals surface area contributed by atoms with Gasteiger partial charge in [0.05, 0.1) is 5.56 Å². The molecule has 1 aromatic carbocycles. The highest BCUT2D eigenvalue weighted by Crippen LogP contribution is 2.22. The van der Waals surface area contributed by atoms with Crippen molar-refractivity contribution in [1.29, 1.82) is 0 Å². The molecule has 4 heteroatoms. The maximum Gasteiger partial charge on any atom is 0.163 e. The molecular weight excluding hydrogens is 234 g/mol. The van der Waals surface area contributed by atoms with Crippen molar-refractivity contribution in [3.05, 3.63) is 45.9 Å². The Labute approximate surface area is 104 Å². The maximum atomic E-state index is 11.4. The number of hydrogen-bond acceptors (Lipinski definition) is 4. The second-order valence-electron chi connectivity index (χ2n) is 3.77. The summed E-state index contributed by atoms with van der Waals surface area (Å²) >= 11 is 1.54. The topological polar surface area (TPSA) is 39.2 Å². The van der Waals surface area contributed by atoms with E-state index in [1.165, 1.54) is 11.3 Å². The van der Waals surface area contributed by atoms with Gasteiger partial charge in [-0.05, 0) is 31.5 Å². The van der Waals surface area contributed by atoms with E-state index in [0.29, 0.717) is 17.9 Å². The van der Waals surface area contributed by atoms with Gasteiger partial charge in [0.2, 0.25) is 0 Å². The van der Waals surface area contributed by atoms with E-state index in [1.807, 2.05) is 24.4 Å². The lowest BCUT2D eigenvalue weighted by atomic mass is 10.1. The van der Waals surface area contributed by atoms with Gasteiger partial charge in [0.1, 0.15) is 17.4 Å². The maximum absolute atomic E-state index is 11.4. The second kappa shape index (κ2) is 5.10. The van der Waals surface area contributed by atoms with Crippen LogP contribution in [0.25, 0.3) is 0 Å². The number of ether oxygens (including phenoxy) is 1. The summed E-state index contributed by atoms with van der Waals surface area (Å²) in [4.78, 5) is 15.6. The fourth-order valence-electron chi connectivity index (χ4n) is 1.50. The third-order valence-electron chi connectivity index (χ3n) is 2.35. The number of aryl methyl sites for hydroxylation is 1. The molecule has 0 N–H and O–H groups in total. The normalized spacial score (nSPS) is 10.2. The fourth-order valence-corrected chi connectivity index (χ4v) is 2.03. The van der Waals surface area contributed by atoms with Gasteiger partial charge in [-0.25, -0.2) is 4.98 Å². The smallest absolute Gasteiger partial charge is 0.163 e. The van der Waals surface area contributed by atoms with E-state index >= 15 is 0 Å². The molecule has 0 saturated carbocycles. The van der Waals surface area contributed by atoms with Gasteiger partial charge in [-0.1, -0.05) is 6.07 Å². The van der Waals surface area contributed by atoms with Crippen molar-refractivity contribution in [2.45, 2.75) is 20.5 Å². The molecule has 1 heterocycles. The van der Waals surface area contributed by atoms with Crippen LogP contribution in [-0.2, 0) is 6.61 Å². The molecule has 88 valence electrons. The zero-order valence-corrected chi connectivity index (χ0v) is 10.6. The van der Waals surface area contributed by atoms with Crippen LogP contribution in [0.3, 0.4) is 0 Å². The lowest BCUT2D eigenvalue weighted by Gasteiger charge is -2.09. The van der Waals surface area contributed by atoms with Crippen molar-refractivity contribution >= 4 is 17.1 Å². The molecule has 0 fully saturated rings. The van der Waals surface area contributed by atoms with Crippen molar-refractivity contribution in [1.82, 2.24) is 4.98 Å². The quantitative estimate of drug-likeness (QED) is 0.779. The van der Waals surface area contributed by atoms with Crippen LogP contribution >= 0.6 is 11.3 Å². The van der Waals surface area contributed by atoms with E-state index in [-0.39, 0.29) is 5.78 Å². The molecule has 0 atom stereocenters. The molecule has 2 aromatic rings. The Morgan fingerprint density at radius 2 is 2.29 bits per heavy atom. The zero-order valence-electron chi connectivity index (χ0n) is 9.77. The first kappa shape index (κ1) is 11.8. The van der Waals surface area contributed by atoms with E-state index in [2.05, 4.69) is 4.98 Å². The van der Waals surface area contributed by atoms with Crippen molar-refractivity contribution in [3.63, 3.8) is 0 Å². The molecule has 17 heavy (non-hydrogen) atoms. The fraction of sp³-hybridized carbons (Fsp3) is 0.231.